The first-order valence-corrected chi connectivity index (χ1v) is 7.90. The molecule has 0 aliphatic rings. The van der Waals surface area contributed by atoms with Gasteiger partial charge in [-0.2, -0.15) is 4.98 Å². The van der Waals surface area contributed by atoms with Crippen molar-refractivity contribution in [3.63, 3.8) is 0 Å². The van der Waals surface area contributed by atoms with E-state index in [2.05, 4.69) is 24.0 Å². The molecule has 0 N–H and O–H groups in total. The van der Waals surface area contributed by atoms with Gasteiger partial charge in [-0.1, -0.05) is 48.3 Å². The van der Waals surface area contributed by atoms with Gasteiger partial charge in [-0.05, 0) is 37.6 Å². The van der Waals surface area contributed by atoms with Gasteiger partial charge in [0.15, 0.2) is 0 Å². The third kappa shape index (κ3) is 3.77. The van der Waals surface area contributed by atoms with E-state index in [0.29, 0.717) is 11.7 Å². The normalized spacial score (nSPS) is 10.7. The molecule has 0 aliphatic heterocycles. The molecular weight excluding hydrogens is 288 g/mol. The van der Waals surface area contributed by atoms with E-state index in [1.54, 1.807) is 0 Å². The number of benzene rings is 2. The van der Waals surface area contributed by atoms with E-state index in [1.807, 2.05) is 48.5 Å². The predicted molar refractivity (Wildman–Crippen MR) is 90.3 cm³/mol. The molecule has 4 nitrogen and oxygen atoms in total. The fourth-order valence-electron chi connectivity index (χ4n) is 2.19. The van der Waals surface area contributed by atoms with Crippen molar-refractivity contribution in [1.29, 1.82) is 0 Å². The molecule has 3 aromatic rings. The number of hydrogen-bond acceptors (Lipinski definition) is 4. The van der Waals surface area contributed by atoms with E-state index in [1.165, 1.54) is 5.56 Å². The van der Waals surface area contributed by atoms with Crippen LogP contribution in [0, 0.1) is 6.92 Å². The van der Waals surface area contributed by atoms with Crippen molar-refractivity contribution in [3.05, 3.63) is 54.1 Å². The van der Waals surface area contributed by atoms with E-state index in [0.717, 1.165) is 36.3 Å². The lowest BCUT2D eigenvalue weighted by atomic mass is 10.1. The zero-order valence-corrected chi connectivity index (χ0v) is 13.5. The Hall–Kier alpha value is -2.62. The molecule has 3 rings (SSSR count). The molecule has 4 heteroatoms. The second-order valence-electron chi connectivity index (χ2n) is 5.52. The molecular formula is C19H20N2O2. The quantitative estimate of drug-likeness (QED) is 0.608. The smallest absolute Gasteiger partial charge is 0.258 e. The molecule has 0 amide bonds. The zero-order valence-electron chi connectivity index (χ0n) is 13.5. The molecule has 0 saturated carbocycles. The van der Waals surface area contributed by atoms with Crippen LogP contribution < -0.4 is 4.74 Å². The highest BCUT2D eigenvalue weighted by Crippen LogP contribution is 2.24. The number of aromatic nitrogens is 2. The van der Waals surface area contributed by atoms with Crippen LogP contribution in [0.5, 0.6) is 5.75 Å². The van der Waals surface area contributed by atoms with E-state index in [4.69, 9.17) is 9.26 Å². The van der Waals surface area contributed by atoms with Gasteiger partial charge < -0.3 is 9.26 Å². The van der Waals surface area contributed by atoms with Crippen molar-refractivity contribution in [1.82, 2.24) is 10.1 Å². The average Bonchev–Trinajstić information content (AvgIpc) is 3.06. The van der Waals surface area contributed by atoms with Crippen LogP contribution in [0.4, 0.5) is 0 Å². The van der Waals surface area contributed by atoms with Crippen molar-refractivity contribution in [2.75, 3.05) is 6.61 Å². The fraction of sp³-hybridized carbons (Fsp3) is 0.263. The summed E-state index contributed by atoms with van der Waals surface area (Å²) in [6.45, 7) is 4.94. The van der Waals surface area contributed by atoms with Crippen molar-refractivity contribution >= 4 is 0 Å². The lowest BCUT2D eigenvalue weighted by molar-refractivity contribution is 0.309. The Morgan fingerprint density at radius 1 is 0.957 bits per heavy atom. The standard InChI is InChI=1S/C19H20N2O2/c1-3-4-13-22-17-11-9-16(10-12-17)19-20-18(21-23-19)15-7-5-14(2)6-8-15/h5-12H,3-4,13H2,1-2H3. The highest BCUT2D eigenvalue weighted by atomic mass is 16.5. The van der Waals surface area contributed by atoms with Crippen molar-refractivity contribution in [2.45, 2.75) is 26.7 Å². The van der Waals surface area contributed by atoms with Gasteiger partial charge in [-0.15, -0.1) is 0 Å². The van der Waals surface area contributed by atoms with Gasteiger partial charge in [-0.3, -0.25) is 0 Å². The number of aryl methyl sites for hydroxylation is 1. The summed E-state index contributed by atoms with van der Waals surface area (Å²) in [7, 11) is 0. The molecule has 0 aliphatic carbocycles. The summed E-state index contributed by atoms with van der Waals surface area (Å²) in [5.74, 6) is 1.98. The third-order valence-electron chi connectivity index (χ3n) is 3.60. The minimum absolute atomic E-state index is 0.515. The Balaban J connectivity index is 1.73. The fourth-order valence-corrected chi connectivity index (χ4v) is 2.19. The van der Waals surface area contributed by atoms with Gasteiger partial charge >= 0.3 is 0 Å². The van der Waals surface area contributed by atoms with Crippen molar-refractivity contribution in [2.24, 2.45) is 0 Å². The van der Waals surface area contributed by atoms with Crippen molar-refractivity contribution < 1.29 is 9.26 Å². The lowest BCUT2D eigenvalue weighted by Gasteiger charge is -2.04. The lowest BCUT2D eigenvalue weighted by Crippen LogP contribution is -1.95. The van der Waals surface area contributed by atoms with Crippen LogP contribution in [0.25, 0.3) is 22.8 Å². The second-order valence-corrected chi connectivity index (χ2v) is 5.52. The van der Waals surface area contributed by atoms with Crippen LogP contribution in [-0.2, 0) is 0 Å². The SMILES string of the molecule is CCCCOc1ccc(-c2nc(-c3ccc(C)cc3)no2)cc1. The molecule has 0 atom stereocenters. The number of nitrogens with zero attached hydrogens (tertiary/aromatic N) is 2. The number of rotatable bonds is 6. The molecule has 0 unspecified atom stereocenters. The maximum atomic E-state index is 5.66. The van der Waals surface area contributed by atoms with Crippen LogP contribution in [0.15, 0.2) is 53.1 Å². The van der Waals surface area contributed by atoms with Crippen LogP contribution >= 0.6 is 0 Å². The summed E-state index contributed by atoms with van der Waals surface area (Å²) in [5.41, 5.74) is 3.04. The van der Waals surface area contributed by atoms with Gasteiger partial charge in [0.05, 0.1) is 6.61 Å². The minimum atomic E-state index is 0.515. The first-order chi connectivity index (χ1) is 11.3. The first-order valence-electron chi connectivity index (χ1n) is 7.90. The molecule has 23 heavy (non-hydrogen) atoms. The monoisotopic (exact) mass is 308 g/mol. The molecule has 0 radical (unpaired) electrons. The van der Waals surface area contributed by atoms with Crippen LogP contribution in [-0.4, -0.2) is 16.7 Å². The van der Waals surface area contributed by atoms with Crippen LogP contribution in [0.3, 0.4) is 0 Å². The van der Waals surface area contributed by atoms with Gasteiger partial charge in [-0.25, -0.2) is 0 Å². The topological polar surface area (TPSA) is 48.2 Å². The molecule has 0 bridgehead atoms. The van der Waals surface area contributed by atoms with Gasteiger partial charge in [0.25, 0.3) is 5.89 Å². The Bertz CT molecular complexity index is 746. The Kier molecular flexibility index (Phi) is 4.71. The summed E-state index contributed by atoms with van der Waals surface area (Å²) in [4.78, 5) is 4.47. The van der Waals surface area contributed by atoms with Crippen molar-refractivity contribution in [3.8, 4) is 28.6 Å². The third-order valence-corrected chi connectivity index (χ3v) is 3.60. The Morgan fingerprint density at radius 3 is 2.35 bits per heavy atom. The average molecular weight is 308 g/mol. The van der Waals surface area contributed by atoms with E-state index < -0.39 is 0 Å². The first kappa shape index (κ1) is 15.3. The van der Waals surface area contributed by atoms with Gasteiger partial charge in [0.2, 0.25) is 5.82 Å². The number of unbranched alkanes of at least 4 members (excludes halogenated alkanes) is 1. The van der Waals surface area contributed by atoms with Crippen LogP contribution in [0.1, 0.15) is 25.3 Å². The highest BCUT2D eigenvalue weighted by molar-refractivity contribution is 5.60. The Labute approximate surface area is 136 Å². The van der Waals surface area contributed by atoms with E-state index in [9.17, 15) is 0 Å². The maximum Gasteiger partial charge on any atom is 0.258 e. The summed E-state index contributed by atoms with van der Waals surface area (Å²) in [5, 5.41) is 4.06. The molecule has 1 heterocycles. The minimum Gasteiger partial charge on any atom is -0.494 e. The molecule has 118 valence electrons. The highest BCUT2D eigenvalue weighted by Gasteiger charge is 2.10. The molecule has 0 spiro atoms. The second kappa shape index (κ2) is 7.09. The predicted octanol–water partition coefficient (Wildman–Crippen LogP) is 4.89. The molecule has 0 saturated heterocycles. The summed E-state index contributed by atoms with van der Waals surface area (Å²) < 4.78 is 11.0. The summed E-state index contributed by atoms with van der Waals surface area (Å²) in [6, 6.07) is 15.8. The molecule has 0 fully saturated rings. The Morgan fingerprint density at radius 2 is 1.65 bits per heavy atom. The summed E-state index contributed by atoms with van der Waals surface area (Å²) in [6.07, 6.45) is 2.19. The molecule has 1 aromatic heterocycles. The largest absolute Gasteiger partial charge is 0.494 e. The number of ether oxygens (including phenoxy) is 1. The molecule has 2 aromatic carbocycles. The van der Waals surface area contributed by atoms with E-state index >= 15 is 0 Å². The van der Waals surface area contributed by atoms with Crippen LogP contribution in [0.2, 0.25) is 0 Å². The number of hydrogen-bond donors (Lipinski definition) is 0. The summed E-state index contributed by atoms with van der Waals surface area (Å²) >= 11 is 0. The van der Waals surface area contributed by atoms with Gasteiger partial charge in [0, 0.05) is 11.1 Å². The maximum absolute atomic E-state index is 5.66. The van der Waals surface area contributed by atoms with Gasteiger partial charge in [0.1, 0.15) is 5.75 Å². The zero-order chi connectivity index (χ0) is 16.1. The van der Waals surface area contributed by atoms with E-state index in [-0.39, 0.29) is 0 Å².